The second-order valence-electron chi connectivity index (χ2n) is 7.95. The fraction of sp³-hybridized carbons (Fsp3) is 1.00. The van der Waals surface area contributed by atoms with Crippen molar-refractivity contribution in [1.29, 1.82) is 0 Å². The van der Waals surface area contributed by atoms with E-state index in [1.54, 1.807) is 32.6 Å². The van der Waals surface area contributed by atoms with Crippen molar-refractivity contribution in [3.63, 3.8) is 0 Å². The first-order valence-electron chi connectivity index (χ1n) is 10.6. The van der Waals surface area contributed by atoms with Crippen LogP contribution >= 0.6 is 0 Å². The van der Waals surface area contributed by atoms with Crippen LogP contribution in [0.25, 0.3) is 0 Å². The number of hydrogen-bond donors (Lipinski definition) is 0. The van der Waals surface area contributed by atoms with Crippen LogP contribution in [-0.4, -0.2) is 18.4 Å². The molecular weight excluding hydrogens is 371 g/mol. The van der Waals surface area contributed by atoms with Crippen LogP contribution in [-0.2, 0) is 0 Å². The quantitative estimate of drug-likeness (QED) is 0.174. The molecule has 0 aromatic heterocycles. The fourth-order valence-corrected chi connectivity index (χ4v) is 19.2. The van der Waals surface area contributed by atoms with E-state index in [0.29, 0.717) is 0 Å². The van der Waals surface area contributed by atoms with Crippen molar-refractivity contribution in [2.45, 2.75) is 129 Å². The summed E-state index contributed by atoms with van der Waals surface area (Å²) in [5, 5.41) is 0. The Hall–Kier alpha value is 0.799. The molecule has 0 heterocycles. The normalized spacial score (nSPS) is 12.3. The van der Waals surface area contributed by atoms with E-state index >= 15 is 0 Å². The summed E-state index contributed by atoms with van der Waals surface area (Å²) in [5.41, 5.74) is 0. The zero-order valence-corrected chi connectivity index (χ0v) is 19.5. The van der Waals surface area contributed by atoms with E-state index in [0.717, 1.165) is 3.93 Å². The molecule has 22 heavy (non-hydrogen) atoms. The summed E-state index contributed by atoms with van der Waals surface area (Å²) < 4.78 is 6.17. The van der Waals surface area contributed by atoms with Crippen LogP contribution in [0.5, 0.6) is 0 Å². The van der Waals surface area contributed by atoms with Gasteiger partial charge in [-0.05, 0) is 0 Å². The molecule has 0 atom stereocenters. The van der Waals surface area contributed by atoms with Crippen LogP contribution in [0.2, 0.25) is 17.2 Å². The van der Waals surface area contributed by atoms with E-state index in [1.165, 1.54) is 57.8 Å². The molecule has 0 aromatic rings. The van der Waals surface area contributed by atoms with Crippen molar-refractivity contribution >= 4 is 18.4 Å². The van der Waals surface area contributed by atoms with Gasteiger partial charge in [0.05, 0.1) is 0 Å². The standard InChI is InChI=1S/3C6H13.C3H7.Sn/c3*1-3-5-6-4-2;1-3-2;/h3*1,3-6H2,2H3;3H,1-2H3;. The monoisotopic (exact) mass is 418 g/mol. The van der Waals surface area contributed by atoms with Gasteiger partial charge < -0.3 is 0 Å². The van der Waals surface area contributed by atoms with E-state index in [4.69, 9.17) is 0 Å². The second-order valence-corrected chi connectivity index (χ2v) is 23.3. The van der Waals surface area contributed by atoms with Gasteiger partial charge in [-0.25, -0.2) is 0 Å². The van der Waals surface area contributed by atoms with E-state index in [-0.39, 0.29) is 0 Å². The first-order valence-corrected chi connectivity index (χ1v) is 18.3. The molecule has 0 bridgehead atoms. The zero-order chi connectivity index (χ0) is 16.7. The van der Waals surface area contributed by atoms with Crippen molar-refractivity contribution in [2.75, 3.05) is 0 Å². The van der Waals surface area contributed by atoms with Gasteiger partial charge in [-0.2, -0.15) is 0 Å². The summed E-state index contributed by atoms with van der Waals surface area (Å²) >= 11 is -1.88. The SMILES string of the molecule is CCCCC[CH2][Sn]([CH2]CCCCC)([CH2]CCCCC)[CH](C)C. The minimum atomic E-state index is -1.88. The summed E-state index contributed by atoms with van der Waals surface area (Å²) in [6, 6.07) is 0. The molecular formula is C21H46Sn. The Bertz CT molecular complexity index is 191. The van der Waals surface area contributed by atoms with Gasteiger partial charge in [0.15, 0.2) is 0 Å². The molecule has 0 saturated carbocycles. The average molecular weight is 417 g/mol. The zero-order valence-electron chi connectivity index (χ0n) is 16.7. The van der Waals surface area contributed by atoms with Crippen molar-refractivity contribution < 1.29 is 0 Å². The third kappa shape index (κ3) is 10.6. The van der Waals surface area contributed by atoms with E-state index in [1.807, 2.05) is 0 Å². The van der Waals surface area contributed by atoms with E-state index in [2.05, 4.69) is 34.6 Å². The third-order valence-electron chi connectivity index (χ3n) is 5.81. The van der Waals surface area contributed by atoms with Crippen molar-refractivity contribution in [3.05, 3.63) is 0 Å². The molecule has 0 nitrogen and oxygen atoms in total. The molecule has 0 aliphatic carbocycles. The number of rotatable bonds is 16. The van der Waals surface area contributed by atoms with E-state index < -0.39 is 18.4 Å². The molecule has 134 valence electrons. The van der Waals surface area contributed by atoms with Crippen molar-refractivity contribution in [1.82, 2.24) is 0 Å². The minimum absolute atomic E-state index is 1.07. The van der Waals surface area contributed by atoms with Gasteiger partial charge in [0.2, 0.25) is 0 Å². The molecule has 0 amide bonds. The first kappa shape index (κ1) is 22.8. The summed E-state index contributed by atoms with van der Waals surface area (Å²) in [6.07, 6.45) is 17.7. The molecule has 0 fully saturated rings. The predicted octanol–water partition coefficient (Wildman–Crippen LogP) is 8.59. The molecule has 0 aromatic carbocycles. The van der Waals surface area contributed by atoms with Gasteiger partial charge in [0, 0.05) is 0 Å². The van der Waals surface area contributed by atoms with Gasteiger partial charge in [-0.3, -0.25) is 0 Å². The summed E-state index contributed by atoms with van der Waals surface area (Å²) in [5.74, 6) is 0. The topological polar surface area (TPSA) is 0 Å². The Morgan fingerprint density at radius 1 is 0.500 bits per heavy atom. The molecule has 0 aliphatic rings. The molecule has 0 radical (unpaired) electrons. The van der Waals surface area contributed by atoms with Gasteiger partial charge in [0.1, 0.15) is 0 Å². The Morgan fingerprint density at radius 3 is 1.05 bits per heavy atom. The predicted molar refractivity (Wildman–Crippen MR) is 108 cm³/mol. The maximum absolute atomic E-state index is 2.59. The number of hydrogen-bond acceptors (Lipinski definition) is 0. The van der Waals surface area contributed by atoms with Crippen LogP contribution in [0.4, 0.5) is 0 Å². The van der Waals surface area contributed by atoms with Crippen LogP contribution < -0.4 is 0 Å². The van der Waals surface area contributed by atoms with Gasteiger partial charge in [0.25, 0.3) is 0 Å². The van der Waals surface area contributed by atoms with Crippen LogP contribution in [0.15, 0.2) is 0 Å². The van der Waals surface area contributed by atoms with Crippen molar-refractivity contribution in [2.24, 2.45) is 0 Å². The summed E-state index contributed by atoms with van der Waals surface area (Å²) in [6.45, 7) is 12.2. The van der Waals surface area contributed by atoms with E-state index in [9.17, 15) is 0 Å². The fourth-order valence-electron chi connectivity index (χ4n) is 3.95. The Kier molecular flexibility index (Phi) is 15.9. The summed E-state index contributed by atoms with van der Waals surface area (Å²) in [7, 11) is 0. The third-order valence-corrected chi connectivity index (χ3v) is 24.4. The van der Waals surface area contributed by atoms with Crippen molar-refractivity contribution in [3.8, 4) is 0 Å². The Morgan fingerprint density at radius 2 is 0.818 bits per heavy atom. The first-order chi connectivity index (χ1) is 10.6. The molecule has 0 spiro atoms. The molecule has 0 rings (SSSR count). The van der Waals surface area contributed by atoms with Gasteiger partial charge >= 0.3 is 147 Å². The molecule has 0 saturated heterocycles. The molecule has 0 N–H and O–H groups in total. The van der Waals surface area contributed by atoms with Gasteiger partial charge in [-0.15, -0.1) is 0 Å². The van der Waals surface area contributed by atoms with Crippen LogP contribution in [0.1, 0.15) is 112 Å². The number of unbranched alkanes of at least 4 members (excludes halogenated alkanes) is 9. The average Bonchev–Trinajstić information content (AvgIpc) is 2.51. The van der Waals surface area contributed by atoms with Crippen LogP contribution in [0.3, 0.4) is 0 Å². The maximum atomic E-state index is 2.59. The Balaban J connectivity index is 4.48. The summed E-state index contributed by atoms with van der Waals surface area (Å²) in [4.78, 5) is 0. The molecule has 0 unspecified atom stereocenters. The van der Waals surface area contributed by atoms with Crippen LogP contribution in [0, 0.1) is 0 Å². The molecule has 0 aliphatic heterocycles. The second kappa shape index (κ2) is 15.3. The van der Waals surface area contributed by atoms with Gasteiger partial charge in [-0.1, -0.05) is 0 Å². The molecule has 1 heteroatoms. The Labute approximate surface area is 147 Å².